The molecule has 1 aromatic heterocycles. The fourth-order valence-corrected chi connectivity index (χ4v) is 3.62. The predicted octanol–water partition coefficient (Wildman–Crippen LogP) is 2.55. The van der Waals surface area contributed by atoms with Crippen molar-refractivity contribution in [2.24, 2.45) is 5.92 Å². The highest BCUT2D eigenvalue weighted by atomic mass is 35.5. The van der Waals surface area contributed by atoms with E-state index in [0.717, 1.165) is 30.5 Å². The first kappa shape index (κ1) is 24.4. The maximum Gasteiger partial charge on any atom is 0.270 e. The SMILES string of the molecule is CC(C)[C@@H](NC(=O)c1ccc([N+](=O)[O-])cc1Cl)C(=O)NCc1ccc(N2CCOCC2)nc1. The van der Waals surface area contributed by atoms with E-state index in [1.807, 2.05) is 12.1 Å². The lowest BCUT2D eigenvalue weighted by Gasteiger charge is -2.27. The van der Waals surface area contributed by atoms with Gasteiger partial charge >= 0.3 is 0 Å². The molecule has 3 rings (SSSR count). The molecule has 1 fully saturated rings. The van der Waals surface area contributed by atoms with Gasteiger partial charge in [-0.3, -0.25) is 19.7 Å². The zero-order chi connectivity index (χ0) is 24.0. The number of hydrogen-bond acceptors (Lipinski definition) is 7. The Labute approximate surface area is 196 Å². The number of morpholine rings is 1. The highest BCUT2D eigenvalue weighted by molar-refractivity contribution is 6.34. The third kappa shape index (κ3) is 6.39. The number of ether oxygens (including phenoxy) is 1. The van der Waals surface area contributed by atoms with Gasteiger partial charge in [0.25, 0.3) is 11.6 Å². The molecular formula is C22H26ClN5O5. The number of benzene rings is 1. The number of nitrogens with one attached hydrogen (secondary N) is 2. The van der Waals surface area contributed by atoms with Crippen LogP contribution < -0.4 is 15.5 Å². The summed E-state index contributed by atoms with van der Waals surface area (Å²) >= 11 is 6.04. The summed E-state index contributed by atoms with van der Waals surface area (Å²) in [5.74, 6) is -0.276. The molecule has 1 aliphatic heterocycles. The summed E-state index contributed by atoms with van der Waals surface area (Å²) in [7, 11) is 0. The van der Waals surface area contributed by atoms with Gasteiger partial charge in [0.2, 0.25) is 5.91 Å². The molecule has 2 amide bonds. The molecule has 0 saturated carbocycles. The zero-order valence-corrected chi connectivity index (χ0v) is 19.2. The summed E-state index contributed by atoms with van der Waals surface area (Å²) in [6.45, 7) is 6.79. The van der Waals surface area contributed by atoms with E-state index in [-0.39, 0.29) is 34.6 Å². The number of aromatic nitrogens is 1. The third-order valence-electron chi connectivity index (χ3n) is 5.25. The zero-order valence-electron chi connectivity index (χ0n) is 18.4. The summed E-state index contributed by atoms with van der Waals surface area (Å²) in [5, 5.41) is 16.3. The second-order valence-corrected chi connectivity index (χ2v) is 8.37. The molecule has 0 unspecified atom stereocenters. The smallest absolute Gasteiger partial charge is 0.270 e. The van der Waals surface area contributed by atoms with Crippen LogP contribution in [0.15, 0.2) is 36.5 Å². The van der Waals surface area contributed by atoms with E-state index < -0.39 is 16.9 Å². The van der Waals surface area contributed by atoms with E-state index in [1.54, 1.807) is 20.0 Å². The topological polar surface area (TPSA) is 127 Å². The van der Waals surface area contributed by atoms with Crippen LogP contribution in [0.5, 0.6) is 0 Å². The summed E-state index contributed by atoms with van der Waals surface area (Å²) in [6, 6.07) is 6.56. The normalized spacial score (nSPS) is 14.6. The Morgan fingerprint density at radius 2 is 1.97 bits per heavy atom. The highest BCUT2D eigenvalue weighted by Crippen LogP contribution is 2.22. The number of pyridine rings is 1. The molecule has 0 bridgehead atoms. The van der Waals surface area contributed by atoms with Crippen LogP contribution in [0.4, 0.5) is 11.5 Å². The maximum absolute atomic E-state index is 12.8. The largest absolute Gasteiger partial charge is 0.378 e. The molecule has 1 aliphatic rings. The molecule has 176 valence electrons. The van der Waals surface area contributed by atoms with Crippen LogP contribution in [0.1, 0.15) is 29.8 Å². The number of nitrogens with zero attached hydrogens (tertiary/aromatic N) is 3. The van der Waals surface area contributed by atoms with Gasteiger partial charge in [0.15, 0.2) is 0 Å². The Bertz CT molecular complexity index is 1010. The van der Waals surface area contributed by atoms with Crippen LogP contribution in [-0.4, -0.2) is 54.1 Å². The van der Waals surface area contributed by atoms with Gasteiger partial charge in [0, 0.05) is 38.0 Å². The van der Waals surface area contributed by atoms with Crippen LogP contribution in [0.25, 0.3) is 0 Å². The number of halogens is 1. The number of carbonyl (C=O) groups is 2. The molecule has 11 heteroatoms. The first-order valence-electron chi connectivity index (χ1n) is 10.6. The third-order valence-corrected chi connectivity index (χ3v) is 5.57. The minimum Gasteiger partial charge on any atom is -0.378 e. The van der Waals surface area contributed by atoms with Crippen molar-refractivity contribution in [3.63, 3.8) is 0 Å². The van der Waals surface area contributed by atoms with Crippen molar-refractivity contribution in [3.05, 3.63) is 62.8 Å². The second kappa shape index (κ2) is 11.1. The standard InChI is InChI=1S/C22H26ClN5O5/c1-14(2)20(26-21(29)17-5-4-16(28(31)32)11-18(17)23)22(30)25-13-15-3-6-19(24-12-15)27-7-9-33-10-8-27/h3-6,11-12,14,20H,7-10,13H2,1-2H3,(H,25,30)(H,26,29)/t20-/m1/s1. The van der Waals surface area contributed by atoms with Gasteiger partial charge in [0.1, 0.15) is 11.9 Å². The summed E-state index contributed by atoms with van der Waals surface area (Å²) < 4.78 is 5.35. The second-order valence-electron chi connectivity index (χ2n) is 7.96. The van der Waals surface area contributed by atoms with E-state index in [1.165, 1.54) is 12.1 Å². The lowest BCUT2D eigenvalue weighted by Crippen LogP contribution is -2.49. The molecule has 1 aromatic carbocycles. The van der Waals surface area contributed by atoms with Gasteiger partial charge < -0.3 is 20.3 Å². The Morgan fingerprint density at radius 1 is 1.24 bits per heavy atom. The lowest BCUT2D eigenvalue weighted by molar-refractivity contribution is -0.384. The van der Waals surface area contributed by atoms with Crippen molar-refractivity contribution < 1.29 is 19.2 Å². The minimum atomic E-state index is -0.815. The number of nitro groups is 1. The fraction of sp³-hybridized carbons (Fsp3) is 0.409. The Hall–Kier alpha value is -3.24. The maximum atomic E-state index is 12.8. The number of carbonyl (C=O) groups excluding carboxylic acids is 2. The summed E-state index contributed by atoms with van der Waals surface area (Å²) in [5.41, 5.74) is 0.666. The highest BCUT2D eigenvalue weighted by Gasteiger charge is 2.26. The van der Waals surface area contributed by atoms with Crippen LogP contribution in [0.2, 0.25) is 5.02 Å². The van der Waals surface area contributed by atoms with Gasteiger partial charge in [-0.05, 0) is 23.6 Å². The van der Waals surface area contributed by atoms with Crippen molar-refractivity contribution in [2.75, 3.05) is 31.2 Å². The predicted molar refractivity (Wildman–Crippen MR) is 123 cm³/mol. The molecule has 2 N–H and O–H groups in total. The Morgan fingerprint density at radius 3 is 2.55 bits per heavy atom. The van der Waals surface area contributed by atoms with Crippen molar-refractivity contribution in [1.29, 1.82) is 0 Å². The van der Waals surface area contributed by atoms with Crippen LogP contribution >= 0.6 is 11.6 Å². The van der Waals surface area contributed by atoms with Gasteiger partial charge in [0.05, 0.1) is 28.7 Å². The average Bonchev–Trinajstić information content (AvgIpc) is 2.81. The first-order chi connectivity index (χ1) is 15.8. The number of hydrogen-bond donors (Lipinski definition) is 2. The van der Waals surface area contributed by atoms with Crippen molar-refractivity contribution >= 4 is 34.9 Å². The fourth-order valence-electron chi connectivity index (χ4n) is 3.36. The number of nitro benzene ring substituents is 1. The van der Waals surface area contributed by atoms with Gasteiger partial charge in [-0.1, -0.05) is 31.5 Å². The molecular weight excluding hydrogens is 450 g/mol. The van der Waals surface area contributed by atoms with E-state index >= 15 is 0 Å². The molecule has 33 heavy (non-hydrogen) atoms. The summed E-state index contributed by atoms with van der Waals surface area (Å²) in [6.07, 6.45) is 1.71. The Balaban J connectivity index is 1.59. The van der Waals surface area contributed by atoms with E-state index in [4.69, 9.17) is 16.3 Å². The summed E-state index contributed by atoms with van der Waals surface area (Å²) in [4.78, 5) is 42.3. The number of anilines is 1. The van der Waals surface area contributed by atoms with Gasteiger partial charge in [-0.25, -0.2) is 4.98 Å². The average molecular weight is 476 g/mol. The minimum absolute atomic E-state index is 0.0589. The molecule has 2 heterocycles. The van der Waals surface area contributed by atoms with E-state index in [0.29, 0.717) is 13.2 Å². The number of non-ortho nitro benzene ring substituents is 1. The van der Waals surface area contributed by atoms with Crippen molar-refractivity contribution in [2.45, 2.75) is 26.4 Å². The molecule has 0 spiro atoms. The molecule has 10 nitrogen and oxygen atoms in total. The van der Waals surface area contributed by atoms with Gasteiger partial charge in [-0.2, -0.15) is 0 Å². The number of rotatable bonds is 8. The molecule has 1 saturated heterocycles. The van der Waals surface area contributed by atoms with E-state index in [9.17, 15) is 19.7 Å². The quantitative estimate of drug-likeness (QED) is 0.443. The van der Waals surface area contributed by atoms with Crippen LogP contribution in [0.3, 0.4) is 0 Å². The van der Waals surface area contributed by atoms with Crippen LogP contribution in [-0.2, 0) is 16.1 Å². The molecule has 1 atom stereocenters. The van der Waals surface area contributed by atoms with Gasteiger partial charge in [-0.15, -0.1) is 0 Å². The molecule has 2 aromatic rings. The van der Waals surface area contributed by atoms with Crippen molar-refractivity contribution in [3.8, 4) is 0 Å². The van der Waals surface area contributed by atoms with E-state index in [2.05, 4.69) is 20.5 Å². The first-order valence-corrected chi connectivity index (χ1v) is 10.9. The lowest BCUT2D eigenvalue weighted by atomic mass is 10.0. The Kier molecular flexibility index (Phi) is 8.18. The van der Waals surface area contributed by atoms with Crippen LogP contribution in [0, 0.1) is 16.0 Å². The number of amides is 2. The molecule has 0 radical (unpaired) electrons. The molecule has 0 aliphatic carbocycles. The van der Waals surface area contributed by atoms with Crippen molar-refractivity contribution in [1.82, 2.24) is 15.6 Å². The monoisotopic (exact) mass is 475 g/mol.